The highest BCUT2D eigenvalue weighted by Gasteiger charge is 2.69. The number of nitrogens with one attached hydrogen (secondary N) is 2. The summed E-state index contributed by atoms with van der Waals surface area (Å²) in [4.78, 5) is 16.8. The molecule has 2 aromatic carbocycles. The number of methoxy groups -OCH3 is 1. The number of hydrogen-bond acceptors (Lipinski definition) is 9. The van der Waals surface area contributed by atoms with E-state index in [-0.39, 0.29) is 18.1 Å². The monoisotopic (exact) mass is 645 g/mol. The molecule has 0 amide bonds. The summed E-state index contributed by atoms with van der Waals surface area (Å²) in [5, 5.41) is 8.31. The molecule has 47 heavy (non-hydrogen) atoms. The van der Waals surface area contributed by atoms with Crippen LogP contribution in [0, 0.1) is 23.7 Å². The van der Waals surface area contributed by atoms with Gasteiger partial charge < -0.3 is 29.6 Å². The molecule has 4 aliphatic heterocycles. The van der Waals surface area contributed by atoms with Gasteiger partial charge >= 0.3 is 0 Å². The number of anilines is 1. The molecule has 254 valence electrons. The van der Waals surface area contributed by atoms with Crippen molar-refractivity contribution in [1.29, 1.82) is 0 Å². The van der Waals surface area contributed by atoms with Crippen LogP contribution in [0.5, 0.6) is 5.75 Å². The van der Waals surface area contributed by atoms with Crippen molar-refractivity contribution in [2.75, 3.05) is 19.0 Å². The van der Waals surface area contributed by atoms with E-state index in [2.05, 4.69) is 66.7 Å². The predicted molar refractivity (Wildman–Crippen MR) is 180 cm³/mol. The van der Waals surface area contributed by atoms with E-state index in [4.69, 9.17) is 28.7 Å². The van der Waals surface area contributed by atoms with Crippen molar-refractivity contribution in [2.24, 2.45) is 23.7 Å². The largest absolute Gasteiger partial charge is 0.497 e. The van der Waals surface area contributed by atoms with Crippen LogP contribution >= 0.6 is 0 Å². The summed E-state index contributed by atoms with van der Waals surface area (Å²) in [5.41, 5.74) is 3.82. The van der Waals surface area contributed by atoms with Crippen LogP contribution in [-0.2, 0) is 37.1 Å². The number of fused-ring (bicyclic) bond motifs is 3. The Morgan fingerprint density at radius 1 is 1.02 bits per heavy atom. The molecule has 1 aromatic heterocycles. The number of rotatable bonds is 12. The third-order valence-electron chi connectivity index (χ3n) is 11.2. The summed E-state index contributed by atoms with van der Waals surface area (Å²) >= 11 is 0. The number of aromatic nitrogens is 1. The molecule has 5 fully saturated rings. The van der Waals surface area contributed by atoms with Crippen molar-refractivity contribution in [1.82, 2.24) is 10.3 Å². The zero-order chi connectivity index (χ0) is 32.6. The van der Waals surface area contributed by atoms with Crippen LogP contribution < -0.4 is 15.4 Å². The topological polar surface area (TPSA) is 92.3 Å². The van der Waals surface area contributed by atoms with Gasteiger partial charge in [-0.3, -0.25) is 4.98 Å². The minimum atomic E-state index is -0.772. The molecule has 3 aromatic rings. The van der Waals surface area contributed by atoms with Gasteiger partial charge in [-0.15, -0.1) is 0 Å². The van der Waals surface area contributed by atoms with E-state index in [0.29, 0.717) is 24.5 Å². The number of hydrogen-bond donors (Lipinski definition) is 2. The molecule has 8 rings (SSSR count). The molecule has 9 heteroatoms. The van der Waals surface area contributed by atoms with E-state index in [0.717, 1.165) is 73.1 Å². The fourth-order valence-electron chi connectivity index (χ4n) is 8.49. The molecule has 2 bridgehead atoms. The first kappa shape index (κ1) is 32.7. The van der Waals surface area contributed by atoms with Gasteiger partial charge in [-0.2, -0.15) is 0 Å². The lowest BCUT2D eigenvalue weighted by molar-refractivity contribution is -0.577. The molecule has 5 heterocycles. The molecule has 9 atom stereocenters. The quantitative estimate of drug-likeness (QED) is 0.155. The molecule has 1 aliphatic carbocycles. The van der Waals surface area contributed by atoms with E-state index in [1.54, 1.807) is 7.11 Å². The standard InChI is InChI=1S/C38H51N3O6/c1-24-10-15-32-26(3)35(44-36-38(32)31(24)16-17-37(4,45-36)46-47-38)43-23-28-13-11-27(12-14-28)22-39-18-6-8-25(2)41-33-21-30(42-5)20-29-9-7-19-40-34(29)33/h7,9,11-14,19-21,24-26,31-32,35-36,39,41H,6,8,10,15-18,22-23H2,1-5H3/t24-,25?,26-,31+,32?,35+,36-,37+,38-/m1/s1. The van der Waals surface area contributed by atoms with Crippen LogP contribution in [-0.4, -0.2) is 48.6 Å². The fraction of sp³-hybridized carbons (Fsp3) is 0.605. The molecular formula is C38H51N3O6. The Morgan fingerprint density at radius 2 is 1.85 bits per heavy atom. The fourth-order valence-corrected chi connectivity index (χ4v) is 8.49. The Bertz CT molecular complexity index is 1520. The Balaban J connectivity index is 0.868. The van der Waals surface area contributed by atoms with Gasteiger partial charge in [-0.1, -0.05) is 44.2 Å². The lowest BCUT2D eigenvalue weighted by Crippen LogP contribution is -2.70. The normalized spacial score (nSPS) is 33.6. The van der Waals surface area contributed by atoms with E-state index in [1.807, 2.05) is 31.3 Å². The van der Waals surface area contributed by atoms with Crippen molar-refractivity contribution in [3.63, 3.8) is 0 Å². The van der Waals surface area contributed by atoms with E-state index in [1.165, 1.54) is 12.0 Å². The van der Waals surface area contributed by atoms with Crippen molar-refractivity contribution in [3.8, 4) is 5.75 Å². The number of ether oxygens (including phenoxy) is 4. The maximum atomic E-state index is 6.59. The van der Waals surface area contributed by atoms with Gasteiger partial charge in [0, 0.05) is 48.5 Å². The third kappa shape index (κ3) is 6.51. The van der Waals surface area contributed by atoms with Crippen molar-refractivity contribution in [2.45, 2.75) is 109 Å². The zero-order valence-electron chi connectivity index (χ0n) is 28.5. The predicted octanol–water partition coefficient (Wildman–Crippen LogP) is 7.34. The van der Waals surface area contributed by atoms with Gasteiger partial charge in [-0.25, -0.2) is 9.78 Å². The smallest absolute Gasteiger partial charge is 0.201 e. The average Bonchev–Trinajstić information content (AvgIpc) is 3.31. The Morgan fingerprint density at radius 3 is 2.68 bits per heavy atom. The summed E-state index contributed by atoms with van der Waals surface area (Å²) in [7, 11) is 1.70. The highest BCUT2D eigenvalue weighted by atomic mass is 17.3. The molecule has 4 saturated heterocycles. The van der Waals surface area contributed by atoms with Crippen molar-refractivity contribution < 1.29 is 28.7 Å². The van der Waals surface area contributed by atoms with Gasteiger partial charge in [-0.05, 0) is 87.6 Å². The van der Waals surface area contributed by atoms with Gasteiger partial charge in [0.1, 0.15) is 5.75 Å². The van der Waals surface area contributed by atoms with E-state index >= 15 is 0 Å². The molecule has 1 spiro atoms. The first-order valence-corrected chi connectivity index (χ1v) is 17.6. The molecule has 2 N–H and O–H groups in total. The van der Waals surface area contributed by atoms with E-state index < -0.39 is 17.7 Å². The Labute approximate surface area is 278 Å². The average molecular weight is 646 g/mol. The lowest BCUT2D eigenvalue weighted by atomic mass is 9.58. The molecule has 2 unspecified atom stereocenters. The second-order valence-corrected chi connectivity index (χ2v) is 14.5. The second kappa shape index (κ2) is 13.6. The minimum Gasteiger partial charge on any atom is -0.497 e. The van der Waals surface area contributed by atoms with E-state index in [9.17, 15) is 0 Å². The highest BCUT2D eigenvalue weighted by Crippen LogP contribution is 2.60. The molecule has 5 aliphatic rings. The molecule has 9 nitrogen and oxygen atoms in total. The number of pyridine rings is 1. The summed E-state index contributed by atoms with van der Waals surface area (Å²) in [6.45, 7) is 11.0. The molecule has 1 saturated carbocycles. The van der Waals surface area contributed by atoms with Crippen LogP contribution in [0.2, 0.25) is 0 Å². The Kier molecular flexibility index (Phi) is 9.48. The van der Waals surface area contributed by atoms with Gasteiger partial charge in [0.05, 0.1) is 24.9 Å². The van der Waals surface area contributed by atoms with Crippen LogP contribution in [0.15, 0.2) is 54.7 Å². The summed E-state index contributed by atoms with van der Waals surface area (Å²) in [6.07, 6.45) is 7.21. The summed E-state index contributed by atoms with van der Waals surface area (Å²) in [6, 6.07) is 17.1. The first-order chi connectivity index (χ1) is 22.8. The number of benzene rings is 2. The maximum absolute atomic E-state index is 6.59. The Hall–Kier alpha value is -2.79. The minimum absolute atomic E-state index is 0.170. The van der Waals surface area contributed by atoms with Gasteiger partial charge in [0.15, 0.2) is 18.2 Å². The highest BCUT2D eigenvalue weighted by molar-refractivity contribution is 5.91. The van der Waals surface area contributed by atoms with Gasteiger partial charge in [0.2, 0.25) is 5.79 Å². The lowest BCUT2D eigenvalue weighted by Gasteiger charge is -2.60. The number of nitrogens with zero attached hydrogens (tertiary/aromatic N) is 1. The third-order valence-corrected chi connectivity index (χ3v) is 11.2. The van der Waals surface area contributed by atoms with Crippen LogP contribution in [0.3, 0.4) is 0 Å². The molecule has 0 radical (unpaired) electrons. The van der Waals surface area contributed by atoms with Crippen LogP contribution in [0.1, 0.15) is 77.3 Å². The van der Waals surface area contributed by atoms with Gasteiger partial charge in [0.25, 0.3) is 0 Å². The SMILES string of the molecule is COc1cc(NC(C)CCCNCc2ccc(CO[C@H]3O[C@@H]4O[C@]5(C)CC[C@H]6[C@H](C)CCC([C@H]3C)[C@@]46OO5)cc2)c2ncccc2c1. The molecular weight excluding hydrogens is 594 g/mol. The maximum Gasteiger partial charge on any atom is 0.201 e. The summed E-state index contributed by atoms with van der Waals surface area (Å²) < 4.78 is 25.0. The van der Waals surface area contributed by atoms with Crippen molar-refractivity contribution >= 4 is 16.6 Å². The second-order valence-electron chi connectivity index (χ2n) is 14.5. The summed E-state index contributed by atoms with van der Waals surface area (Å²) in [5.74, 6) is 1.40. The zero-order valence-corrected chi connectivity index (χ0v) is 28.5. The van der Waals surface area contributed by atoms with Crippen LogP contribution in [0.4, 0.5) is 5.69 Å². The van der Waals surface area contributed by atoms with Crippen LogP contribution in [0.25, 0.3) is 10.9 Å². The first-order valence-electron chi connectivity index (χ1n) is 17.6. The van der Waals surface area contributed by atoms with Crippen molar-refractivity contribution in [3.05, 3.63) is 65.9 Å².